The van der Waals surface area contributed by atoms with Crippen molar-refractivity contribution in [1.82, 2.24) is 5.48 Å². The van der Waals surface area contributed by atoms with E-state index in [1.54, 1.807) is 18.2 Å². The molecule has 2 N–H and O–H groups in total. The van der Waals surface area contributed by atoms with E-state index >= 15 is 0 Å². The molecule has 108 valence electrons. The zero-order valence-electron chi connectivity index (χ0n) is 10.4. The summed E-state index contributed by atoms with van der Waals surface area (Å²) in [6, 6.07) is 7.62. The molecule has 7 nitrogen and oxygen atoms in total. The SMILES string of the molecule is O=C(/C=C/c1ccc(-c2ccc([N+](=O)[O-])cc2Br)o1)NO. The maximum absolute atomic E-state index is 10.9. The molecule has 2 aromatic rings. The van der Waals surface area contributed by atoms with Crippen molar-refractivity contribution in [3.63, 3.8) is 0 Å². The van der Waals surface area contributed by atoms with E-state index in [9.17, 15) is 14.9 Å². The standard InChI is InChI=1S/C13H9BrN2O5/c14-11-7-8(16(19)20)1-4-10(11)12-5-2-9(21-12)3-6-13(17)15-18/h1-7,18H,(H,15,17)/b6-3+. The van der Waals surface area contributed by atoms with Crippen molar-refractivity contribution in [3.8, 4) is 11.3 Å². The average molecular weight is 353 g/mol. The van der Waals surface area contributed by atoms with E-state index in [-0.39, 0.29) is 5.69 Å². The molecule has 2 rings (SSSR count). The minimum atomic E-state index is -0.676. The Kier molecular flexibility index (Phi) is 4.51. The predicted molar refractivity (Wildman–Crippen MR) is 77.5 cm³/mol. The molecule has 1 amide bonds. The van der Waals surface area contributed by atoms with E-state index in [4.69, 9.17) is 9.62 Å². The number of carbonyl (C=O) groups excluding carboxylic acids is 1. The molecule has 1 aromatic heterocycles. The summed E-state index contributed by atoms with van der Waals surface area (Å²) in [4.78, 5) is 21.0. The van der Waals surface area contributed by atoms with Gasteiger partial charge in [-0.1, -0.05) is 0 Å². The molecule has 0 bridgehead atoms. The quantitative estimate of drug-likeness (QED) is 0.380. The number of nitro groups is 1. The molecule has 0 spiro atoms. The second-order valence-corrected chi connectivity index (χ2v) is 4.79. The topological polar surface area (TPSA) is 106 Å². The van der Waals surface area contributed by atoms with Crippen LogP contribution in [0, 0.1) is 10.1 Å². The van der Waals surface area contributed by atoms with Crippen molar-refractivity contribution in [2.45, 2.75) is 0 Å². The largest absolute Gasteiger partial charge is 0.457 e. The molecule has 21 heavy (non-hydrogen) atoms. The van der Waals surface area contributed by atoms with Gasteiger partial charge in [-0.3, -0.25) is 20.1 Å². The highest BCUT2D eigenvalue weighted by atomic mass is 79.9. The smallest absolute Gasteiger partial charge is 0.270 e. The summed E-state index contributed by atoms with van der Waals surface area (Å²) in [5, 5.41) is 19.0. The molecule has 1 aromatic carbocycles. The Hall–Kier alpha value is -2.45. The number of rotatable bonds is 4. The number of nitrogens with zero attached hydrogens (tertiary/aromatic N) is 1. The summed E-state index contributed by atoms with van der Waals surface area (Å²) < 4.78 is 6.02. The maximum Gasteiger partial charge on any atom is 0.270 e. The van der Waals surface area contributed by atoms with Crippen LogP contribution in [-0.4, -0.2) is 16.0 Å². The highest BCUT2D eigenvalue weighted by molar-refractivity contribution is 9.10. The lowest BCUT2D eigenvalue weighted by atomic mass is 10.1. The molecule has 0 saturated heterocycles. The maximum atomic E-state index is 10.9. The molecule has 1 heterocycles. The minimum Gasteiger partial charge on any atom is -0.457 e. The first-order valence-corrected chi connectivity index (χ1v) is 6.47. The molecule has 0 aliphatic rings. The normalized spacial score (nSPS) is 10.8. The van der Waals surface area contributed by atoms with Gasteiger partial charge < -0.3 is 4.42 Å². The summed E-state index contributed by atoms with van der Waals surface area (Å²) in [7, 11) is 0. The zero-order valence-corrected chi connectivity index (χ0v) is 12.0. The number of carbonyl (C=O) groups is 1. The van der Waals surface area contributed by atoms with Gasteiger partial charge in [0.2, 0.25) is 0 Å². The van der Waals surface area contributed by atoms with Gasteiger partial charge in [0.1, 0.15) is 11.5 Å². The van der Waals surface area contributed by atoms with Crippen LogP contribution in [0.3, 0.4) is 0 Å². The average Bonchev–Trinajstić information content (AvgIpc) is 2.93. The highest BCUT2D eigenvalue weighted by Gasteiger charge is 2.12. The number of benzene rings is 1. The predicted octanol–water partition coefficient (Wildman–Crippen LogP) is 3.14. The van der Waals surface area contributed by atoms with Crippen LogP contribution in [0.2, 0.25) is 0 Å². The van der Waals surface area contributed by atoms with Crippen LogP contribution in [0.4, 0.5) is 5.69 Å². The van der Waals surface area contributed by atoms with Crippen LogP contribution in [-0.2, 0) is 4.79 Å². The van der Waals surface area contributed by atoms with Gasteiger partial charge in [0, 0.05) is 28.2 Å². The molecule has 0 aliphatic heterocycles. The zero-order chi connectivity index (χ0) is 15.4. The third-order valence-corrected chi connectivity index (χ3v) is 3.22. The first-order chi connectivity index (χ1) is 10.0. The van der Waals surface area contributed by atoms with Crippen molar-refractivity contribution in [2.24, 2.45) is 0 Å². The van der Waals surface area contributed by atoms with Crippen LogP contribution >= 0.6 is 15.9 Å². The van der Waals surface area contributed by atoms with Gasteiger partial charge in [-0.25, -0.2) is 5.48 Å². The summed E-state index contributed by atoms with van der Waals surface area (Å²) in [6.07, 6.45) is 2.49. The molecule has 0 aliphatic carbocycles. The van der Waals surface area contributed by atoms with Crippen LogP contribution in [0.25, 0.3) is 17.4 Å². The van der Waals surface area contributed by atoms with E-state index in [1.165, 1.54) is 23.7 Å². The van der Waals surface area contributed by atoms with Gasteiger partial charge in [-0.15, -0.1) is 0 Å². The molecule has 0 unspecified atom stereocenters. The number of nitro benzene ring substituents is 1. The van der Waals surface area contributed by atoms with E-state index in [0.717, 1.165) is 6.08 Å². The van der Waals surface area contributed by atoms with Crippen molar-refractivity contribution < 1.29 is 19.3 Å². The third kappa shape index (κ3) is 3.56. The number of nitrogens with one attached hydrogen (secondary N) is 1. The molecule has 0 atom stereocenters. The summed E-state index contributed by atoms with van der Waals surface area (Å²) in [6.45, 7) is 0. The van der Waals surface area contributed by atoms with Crippen molar-refractivity contribution in [3.05, 3.63) is 56.8 Å². The molecule has 0 saturated carbocycles. The Morgan fingerprint density at radius 1 is 1.38 bits per heavy atom. The fourth-order valence-corrected chi connectivity index (χ4v) is 2.16. The Labute approximate surface area is 127 Å². The molecular weight excluding hydrogens is 344 g/mol. The van der Waals surface area contributed by atoms with E-state index < -0.39 is 10.8 Å². The highest BCUT2D eigenvalue weighted by Crippen LogP contribution is 2.32. The Bertz CT molecular complexity index is 723. The number of amides is 1. The molecular formula is C13H9BrN2O5. The Morgan fingerprint density at radius 3 is 2.76 bits per heavy atom. The Balaban J connectivity index is 2.27. The number of hydrogen-bond donors (Lipinski definition) is 2. The fourth-order valence-electron chi connectivity index (χ4n) is 1.60. The first-order valence-electron chi connectivity index (χ1n) is 5.67. The first kappa shape index (κ1) is 14.9. The van der Waals surface area contributed by atoms with E-state index in [2.05, 4.69) is 15.9 Å². The summed E-state index contributed by atoms with van der Waals surface area (Å²) in [5.41, 5.74) is 2.08. The number of halogens is 1. The lowest BCUT2D eigenvalue weighted by molar-refractivity contribution is -0.384. The monoisotopic (exact) mass is 352 g/mol. The number of hydrogen-bond acceptors (Lipinski definition) is 5. The van der Waals surface area contributed by atoms with E-state index in [1.807, 2.05) is 0 Å². The fraction of sp³-hybridized carbons (Fsp3) is 0. The number of hydroxylamine groups is 1. The molecule has 0 fully saturated rings. The molecule has 0 radical (unpaired) electrons. The van der Waals surface area contributed by atoms with Gasteiger partial charge >= 0.3 is 0 Å². The Morgan fingerprint density at radius 2 is 2.14 bits per heavy atom. The summed E-state index contributed by atoms with van der Waals surface area (Å²) in [5.74, 6) is 0.212. The second kappa shape index (κ2) is 6.33. The van der Waals surface area contributed by atoms with Crippen LogP contribution in [0.5, 0.6) is 0 Å². The number of furan rings is 1. The van der Waals surface area contributed by atoms with Crippen molar-refractivity contribution in [2.75, 3.05) is 0 Å². The van der Waals surface area contributed by atoms with Gasteiger partial charge in [0.05, 0.1) is 4.92 Å². The van der Waals surface area contributed by atoms with Crippen LogP contribution in [0.1, 0.15) is 5.76 Å². The number of non-ortho nitro benzene ring substituents is 1. The lowest BCUT2D eigenvalue weighted by Gasteiger charge is -2.00. The van der Waals surface area contributed by atoms with Crippen LogP contribution in [0.15, 0.2) is 45.3 Å². The van der Waals surface area contributed by atoms with Gasteiger partial charge in [0.25, 0.3) is 11.6 Å². The van der Waals surface area contributed by atoms with Crippen molar-refractivity contribution >= 4 is 33.6 Å². The van der Waals surface area contributed by atoms with Gasteiger partial charge in [-0.05, 0) is 40.2 Å². The summed E-state index contributed by atoms with van der Waals surface area (Å²) >= 11 is 3.26. The van der Waals surface area contributed by atoms with E-state index in [0.29, 0.717) is 21.6 Å². The molecule has 8 heteroatoms. The third-order valence-electron chi connectivity index (χ3n) is 2.56. The second-order valence-electron chi connectivity index (χ2n) is 3.93. The minimum absolute atomic E-state index is 0.0306. The van der Waals surface area contributed by atoms with Gasteiger partial charge in [-0.2, -0.15) is 0 Å². The van der Waals surface area contributed by atoms with Crippen LogP contribution < -0.4 is 5.48 Å². The van der Waals surface area contributed by atoms with Crippen molar-refractivity contribution in [1.29, 1.82) is 0 Å². The van der Waals surface area contributed by atoms with Gasteiger partial charge in [0.15, 0.2) is 0 Å². The lowest BCUT2D eigenvalue weighted by Crippen LogP contribution is -2.14.